The van der Waals surface area contributed by atoms with Crippen molar-refractivity contribution in [1.82, 2.24) is 4.90 Å². The third-order valence-electron chi connectivity index (χ3n) is 2.43. The van der Waals surface area contributed by atoms with Crippen LogP contribution in [-0.2, 0) is 4.74 Å². The molecule has 0 spiro atoms. The van der Waals surface area contributed by atoms with Gasteiger partial charge in [-0.1, -0.05) is 43.8 Å². The highest BCUT2D eigenvalue weighted by Gasteiger charge is 2.16. The quantitative estimate of drug-likeness (QED) is 0.681. The molecule has 0 aliphatic rings. The van der Waals surface area contributed by atoms with Gasteiger partial charge in [0.25, 0.3) is 0 Å². The summed E-state index contributed by atoms with van der Waals surface area (Å²) < 4.78 is 5.86. The van der Waals surface area contributed by atoms with Crippen LogP contribution >= 0.6 is 0 Å². The normalized spacial score (nSPS) is 12.8. The first-order valence-electron chi connectivity index (χ1n) is 5.70. The van der Waals surface area contributed by atoms with Gasteiger partial charge in [0.15, 0.2) is 0 Å². The predicted octanol–water partition coefficient (Wildman–Crippen LogP) is 3.32. The maximum absolute atomic E-state index is 5.86. The Balaban J connectivity index is 2.95. The highest BCUT2D eigenvalue weighted by molar-refractivity contribution is 5.52. The van der Waals surface area contributed by atoms with Crippen LogP contribution in [0.15, 0.2) is 30.8 Å². The number of hydrogen-bond acceptors (Lipinski definition) is 2. The van der Waals surface area contributed by atoms with Gasteiger partial charge in [0.1, 0.15) is 6.23 Å². The Morgan fingerprint density at radius 3 is 2.62 bits per heavy atom. The molecule has 0 heterocycles. The van der Waals surface area contributed by atoms with Crippen molar-refractivity contribution >= 4 is 6.08 Å². The van der Waals surface area contributed by atoms with Crippen LogP contribution < -0.4 is 0 Å². The SMILES string of the molecule is C=Cc1ccccc1C(OCCC)N(C)C. The summed E-state index contributed by atoms with van der Waals surface area (Å²) in [5.41, 5.74) is 2.31. The first-order valence-corrected chi connectivity index (χ1v) is 5.70. The molecule has 0 aromatic heterocycles. The molecule has 0 amide bonds. The van der Waals surface area contributed by atoms with Crippen molar-refractivity contribution in [3.63, 3.8) is 0 Å². The molecule has 0 saturated heterocycles. The van der Waals surface area contributed by atoms with Gasteiger partial charge >= 0.3 is 0 Å². The number of hydrogen-bond donors (Lipinski definition) is 0. The molecule has 2 heteroatoms. The first kappa shape index (κ1) is 12.9. The second-order valence-electron chi connectivity index (χ2n) is 4.02. The molecule has 0 fully saturated rings. The van der Waals surface area contributed by atoms with E-state index in [2.05, 4.69) is 30.5 Å². The summed E-state index contributed by atoms with van der Waals surface area (Å²) in [4.78, 5) is 2.08. The lowest BCUT2D eigenvalue weighted by atomic mass is 10.1. The summed E-state index contributed by atoms with van der Waals surface area (Å²) in [6, 6.07) is 8.21. The monoisotopic (exact) mass is 219 g/mol. The molecule has 0 bridgehead atoms. The molecule has 1 aromatic rings. The van der Waals surface area contributed by atoms with Gasteiger partial charge in [0.2, 0.25) is 0 Å². The molecular formula is C14H21NO. The summed E-state index contributed by atoms with van der Waals surface area (Å²) >= 11 is 0. The van der Waals surface area contributed by atoms with Crippen LogP contribution in [0.1, 0.15) is 30.7 Å². The molecule has 1 unspecified atom stereocenters. The molecule has 0 radical (unpaired) electrons. The fourth-order valence-electron chi connectivity index (χ4n) is 1.67. The first-order chi connectivity index (χ1) is 7.70. The zero-order valence-electron chi connectivity index (χ0n) is 10.4. The van der Waals surface area contributed by atoms with E-state index in [9.17, 15) is 0 Å². The number of benzene rings is 1. The van der Waals surface area contributed by atoms with E-state index >= 15 is 0 Å². The summed E-state index contributed by atoms with van der Waals surface area (Å²) in [5.74, 6) is 0. The van der Waals surface area contributed by atoms with E-state index in [0.29, 0.717) is 0 Å². The highest BCUT2D eigenvalue weighted by Crippen LogP contribution is 2.24. The zero-order chi connectivity index (χ0) is 12.0. The molecule has 88 valence electrons. The topological polar surface area (TPSA) is 12.5 Å². The molecule has 0 aliphatic heterocycles. The Bertz CT molecular complexity index is 333. The van der Waals surface area contributed by atoms with Crippen molar-refractivity contribution in [2.45, 2.75) is 19.6 Å². The van der Waals surface area contributed by atoms with Crippen molar-refractivity contribution in [1.29, 1.82) is 0 Å². The fourth-order valence-corrected chi connectivity index (χ4v) is 1.67. The van der Waals surface area contributed by atoms with E-state index in [1.807, 2.05) is 32.3 Å². The molecule has 2 nitrogen and oxygen atoms in total. The van der Waals surface area contributed by atoms with Crippen LogP contribution in [-0.4, -0.2) is 25.6 Å². The maximum atomic E-state index is 5.86. The summed E-state index contributed by atoms with van der Waals surface area (Å²) in [7, 11) is 4.06. The lowest BCUT2D eigenvalue weighted by Crippen LogP contribution is -2.23. The smallest absolute Gasteiger partial charge is 0.136 e. The van der Waals surface area contributed by atoms with Gasteiger partial charge < -0.3 is 4.74 Å². The van der Waals surface area contributed by atoms with E-state index in [1.165, 1.54) is 5.56 Å². The largest absolute Gasteiger partial charge is 0.359 e. The Morgan fingerprint density at radius 1 is 1.38 bits per heavy atom. The highest BCUT2D eigenvalue weighted by atomic mass is 16.5. The second kappa shape index (κ2) is 6.46. The molecular weight excluding hydrogens is 198 g/mol. The number of ether oxygens (including phenoxy) is 1. The van der Waals surface area contributed by atoms with E-state index in [4.69, 9.17) is 4.74 Å². The van der Waals surface area contributed by atoms with Crippen LogP contribution in [0, 0.1) is 0 Å². The van der Waals surface area contributed by atoms with Crippen molar-refractivity contribution in [2.75, 3.05) is 20.7 Å². The average molecular weight is 219 g/mol. The van der Waals surface area contributed by atoms with Gasteiger partial charge in [-0.2, -0.15) is 0 Å². The zero-order valence-corrected chi connectivity index (χ0v) is 10.4. The Hall–Kier alpha value is -1.12. The van der Waals surface area contributed by atoms with Crippen molar-refractivity contribution in [3.8, 4) is 0 Å². The van der Waals surface area contributed by atoms with Crippen LogP contribution in [0.2, 0.25) is 0 Å². The summed E-state index contributed by atoms with van der Waals surface area (Å²) in [6.07, 6.45) is 2.91. The van der Waals surface area contributed by atoms with Gasteiger partial charge in [-0.3, -0.25) is 4.90 Å². The third kappa shape index (κ3) is 3.19. The summed E-state index contributed by atoms with van der Waals surface area (Å²) in [5, 5.41) is 0. The maximum Gasteiger partial charge on any atom is 0.136 e. The van der Waals surface area contributed by atoms with Crippen molar-refractivity contribution in [3.05, 3.63) is 42.0 Å². The van der Waals surface area contributed by atoms with E-state index in [0.717, 1.165) is 18.6 Å². The molecule has 16 heavy (non-hydrogen) atoms. The van der Waals surface area contributed by atoms with Gasteiger partial charge in [0, 0.05) is 12.2 Å². The molecule has 0 saturated carbocycles. The van der Waals surface area contributed by atoms with E-state index in [-0.39, 0.29) is 6.23 Å². The average Bonchev–Trinajstić information content (AvgIpc) is 2.29. The van der Waals surface area contributed by atoms with Crippen LogP contribution in [0.4, 0.5) is 0 Å². The molecule has 1 aromatic carbocycles. The van der Waals surface area contributed by atoms with E-state index in [1.54, 1.807) is 0 Å². The molecule has 0 aliphatic carbocycles. The van der Waals surface area contributed by atoms with Crippen LogP contribution in [0.5, 0.6) is 0 Å². The van der Waals surface area contributed by atoms with Crippen molar-refractivity contribution < 1.29 is 4.74 Å². The van der Waals surface area contributed by atoms with Gasteiger partial charge in [0.05, 0.1) is 0 Å². The lowest BCUT2D eigenvalue weighted by molar-refractivity contribution is -0.0382. The minimum Gasteiger partial charge on any atom is -0.359 e. The van der Waals surface area contributed by atoms with Crippen molar-refractivity contribution in [2.24, 2.45) is 0 Å². The third-order valence-corrected chi connectivity index (χ3v) is 2.43. The minimum absolute atomic E-state index is 0.00847. The Labute approximate surface area is 98.5 Å². The fraction of sp³-hybridized carbons (Fsp3) is 0.429. The van der Waals surface area contributed by atoms with Gasteiger partial charge in [-0.05, 0) is 26.1 Å². The number of nitrogens with zero attached hydrogens (tertiary/aromatic N) is 1. The molecule has 1 rings (SSSR count). The summed E-state index contributed by atoms with van der Waals surface area (Å²) in [6.45, 7) is 6.73. The minimum atomic E-state index is 0.00847. The van der Waals surface area contributed by atoms with Gasteiger partial charge in [-0.25, -0.2) is 0 Å². The van der Waals surface area contributed by atoms with Gasteiger partial charge in [-0.15, -0.1) is 0 Å². The second-order valence-corrected chi connectivity index (χ2v) is 4.02. The van der Waals surface area contributed by atoms with Crippen LogP contribution in [0.25, 0.3) is 6.08 Å². The molecule has 0 N–H and O–H groups in total. The molecule has 1 atom stereocenters. The Morgan fingerprint density at radius 2 is 2.06 bits per heavy atom. The van der Waals surface area contributed by atoms with E-state index < -0.39 is 0 Å². The number of rotatable bonds is 6. The standard InChI is InChI=1S/C14H21NO/c1-5-11-16-14(15(3)4)13-10-8-7-9-12(13)6-2/h6-10,14H,2,5,11H2,1,3-4H3. The Kier molecular flexibility index (Phi) is 5.23. The van der Waals surface area contributed by atoms with Crippen LogP contribution in [0.3, 0.4) is 0 Å². The predicted molar refractivity (Wildman–Crippen MR) is 69.2 cm³/mol. The lowest BCUT2D eigenvalue weighted by Gasteiger charge is -2.26.